The highest BCUT2D eigenvalue weighted by Crippen LogP contribution is 2.29. The number of hydrogen-bond donors (Lipinski definition) is 1. The van der Waals surface area contributed by atoms with E-state index in [1.807, 2.05) is 0 Å². The second-order valence-electron chi connectivity index (χ2n) is 3.12. The van der Waals surface area contributed by atoms with Gasteiger partial charge in [-0.2, -0.15) is 5.26 Å². The molecule has 0 spiro atoms. The molecule has 0 saturated carbocycles. The van der Waals surface area contributed by atoms with Gasteiger partial charge in [0.15, 0.2) is 0 Å². The lowest BCUT2D eigenvalue weighted by Crippen LogP contribution is -2.11. The van der Waals surface area contributed by atoms with E-state index < -0.39 is 23.5 Å². The Bertz CT molecular complexity index is 483. The zero-order chi connectivity index (χ0) is 13.0. The van der Waals surface area contributed by atoms with Gasteiger partial charge < -0.3 is 10.5 Å². The van der Waals surface area contributed by atoms with Crippen molar-refractivity contribution in [2.45, 2.75) is 12.8 Å². The minimum Gasteiger partial charge on any atom is -0.469 e. The number of carbonyl (C=O) groups excluding carboxylic acids is 1. The molecule has 5 nitrogen and oxygen atoms in total. The van der Waals surface area contributed by atoms with Gasteiger partial charge in [0.05, 0.1) is 13.5 Å². The van der Waals surface area contributed by atoms with Crippen molar-refractivity contribution in [2.24, 2.45) is 0 Å². The summed E-state index contributed by atoms with van der Waals surface area (Å²) in [6.07, 6.45) is -2.23. The molecule has 2 N–H and O–H groups in total. The fraction of sp³-hybridized carbons (Fsp3) is 0.300. The van der Waals surface area contributed by atoms with E-state index in [4.69, 9.17) is 11.0 Å². The Hall–Kier alpha value is -2.23. The Balaban J connectivity index is 3.31. The number of hydrogen-bond acceptors (Lipinski definition) is 5. The summed E-state index contributed by atoms with van der Waals surface area (Å²) < 4.78 is 30.0. The molecule has 0 saturated heterocycles. The third kappa shape index (κ3) is 2.66. The van der Waals surface area contributed by atoms with Gasteiger partial charge in [0.2, 0.25) is 0 Å². The van der Waals surface area contributed by atoms with Gasteiger partial charge in [-0.25, -0.2) is 13.8 Å². The van der Waals surface area contributed by atoms with Crippen LogP contribution < -0.4 is 5.73 Å². The number of alkyl halides is 2. The topological polar surface area (TPSA) is 89.0 Å². The molecule has 0 aromatic carbocycles. The van der Waals surface area contributed by atoms with E-state index in [0.717, 1.165) is 13.3 Å². The van der Waals surface area contributed by atoms with E-state index in [1.165, 1.54) is 0 Å². The second-order valence-corrected chi connectivity index (χ2v) is 3.12. The highest BCUT2D eigenvalue weighted by Gasteiger charge is 2.22. The van der Waals surface area contributed by atoms with Gasteiger partial charge >= 0.3 is 5.97 Å². The molecule has 0 bridgehead atoms. The monoisotopic (exact) mass is 241 g/mol. The van der Waals surface area contributed by atoms with Crippen LogP contribution in [0, 0.1) is 11.3 Å². The Morgan fingerprint density at radius 3 is 2.82 bits per heavy atom. The molecular weight excluding hydrogens is 232 g/mol. The number of methoxy groups -OCH3 is 1. The molecule has 1 heterocycles. The molecule has 90 valence electrons. The van der Waals surface area contributed by atoms with Gasteiger partial charge in [-0.1, -0.05) is 0 Å². The summed E-state index contributed by atoms with van der Waals surface area (Å²) in [6, 6.07) is 1.56. The van der Waals surface area contributed by atoms with E-state index in [1.54, 1.807) is 6.07 Å². The first kappa shape index (κ1) is 12.8. The largest absolute Gasteiger partial charge is 0.469 e. The highest BCUT2D eigenvalue weighted by molar-refractivity contribution is 5.73. The van der Waals surface area contributed by atoms with Crippen LogP contribution in [0.5, 0.6) is 0 Å². The molecule has 17 heavy (non-hydrogen) atoms. The fourth-order valence-electron chi connectivity index (χ4n) is 1.32. The van der Waals surface area contributed by atoms with E-state index in [9.17, 15) is 13.6 Å². The number of pyridine rings is 1. The van der Waals surface area contributed by atoms with Gasteiger partial charge in [0.1, 0.15) is 17.5 Å². The standard InChI is InChI=1S/C10H9F2N3O2/c1-17-7(16)2-5-4-15-10(14)6(3-13)8(5)9(11)12/h4,9H,2H2,1H3,(H2,14,15). The number of esters is 1. The smallest absolute Gasteiger partial charge is 0.310 e. The van der Waals surface area contributed by atoms with Crippen molar-refractivity contribution in [3.63, 3.8) is 0 Å². The molecule has 0 radical (unpaired) electrons. The van der Waals surface area contributed by atoms with Crippen LogP contribution in [-0.4, -0.2) is 18.1 Å². The summed E-state index contributed by atoms with van der Waals surface area (Å²) in [5.41, 5.74) is 4.30. The van der Waals surface area contributed by atoms with Crippen molar-refractivity contribution in [3.05, 3.63) is 22.9 Å². The van der Waals surface area contributed by atoms with Crippen LogP contribution >= 0.6 is 0 Å². The summed E-state index contributed by atoms with van der Waals surface area (Å²) in [5.74, 6) is -0.973. The lowest BCUT2D eigenvalue weighted by atomic mass is 10.0. The first-order chi connectivity index (χ1) is 8.01. The average molecular weight is 241 g/mol. The maximum Gasteiger partial charge on any atom is 0.310 e. The minimum atomic E-state index is -2.91. The summed E-state index contributed by atoms with van der Waals surface area (Å²) in [6.45, 7) is 0. The molecule has 0 atom stereocenters. The molecule has 1 aromatic rings. The molecule has 0 fully saturated rings. The van der Waals surface area contributed by atoms with Crippen molar-refractivity contribution in [1.29, 1.82) is 5.26 Å². The highest BCUT2D eigenvalue weighted by atomic mass is 19.3. The second kappa shape index (κ2) is 5.21. The number of anilines is 1. The molecule has 1 aromatic heterocycles. The Labute approximate surface area is 95.8 Å². The lowest BCUT2D eigenvalue weighted by Gasteiger charge is -2.10. The van der Waals surface area contributed by atoms with Gasteiger partial charge in [-0.05, 0) is 5.56 Å². The Morgan fingerprint density at radius 1 is 1.71 bits per heavy atom. The van der Waals surface area contributed by atoms with E-state index in [-0.39, 0.29) is 17.8 Å². The van der Waals surface area contributed by atoms with Crippen molar-refractivity contribution in [3.8, 4) is 6.07 Å². The summed E-state index contributed by atoms with van der Waals surface area (Å²) >= 11 is 0. The zero-order valence-corrected chi connectivity index (χ0v) is 8.91. The predicted molar refractivity (Wildman–Crippen MR) is 54.0 cm³/mol. The quantitative estimate of drug-likeness (QED) is 0.803. The Morgan fingerprint density at radius 2 is 2.35 bits per heavy atom. The van der Waals surface area contributed by atoms with Gasteiger partial charge in [-0.3, -0.25) is 4.79 Å². The number of nitrogens with two attached hydrogens (primary N) is 1. The minimum absolute atomic E-state index is 0.0578. The van der Waals surface area contributed by atoms with E-state index in [0.29, 0.717) is 0 Å². The van der Waals surface area contributed by atoms with Crippen molar-refractivity contribution in [1.82, 2.24) is 4.98 Å². The summed E-state index contributed by atoms with van der Waals surface area (Å²) in [4.78, 5) is 14.6. The number of nitrogens with zero attached hydrogens (tertiary/aromatic N) is 2. The van der Waals surface area contributed by atoms with E-state index in [2.05, 4.69) is 9.72 Å². The average Bonchev–Trinajstić information content (AvgIpc) is 2.30. The number of nitriles is 1. The first-order valence-electron chi connectivity index (χ1n) is 4.53. The van der Waals surface area contributed by atoms with Crippen LogP contribution in [0.3, 0.4) is 0 Å². The van der Waals surface area contributed by atoms with Crippen LogP contribution in [0.1, 0.15) is 23.1 Å². The number of rotatable bonds is 3. The molecular formula is C10H9F2N3O2. The van der Waals surface area contributed by atoms with Crippen molar-refractivity contribution >= 4 is 11.8 Å². The molecule has 0 aliphatic heterocycles. The first-order valence-corrected chi connectivity index (χ1v) is 4.53. The normalized spacial score (nSPS) is 10.1. The van der Waals surface area contributed by atoms with Crippen LogP contribution in [0.2, 0.25) is 0 Å². The third-order valence-electron chi connectivity index (χ3n) is 2.12. The molecule has 1 rings (SSSR count). The molecule has 0 aliphatic rings. The number of aromatic nitrogens is 1. The number of ether oxygens (including phenoxy) is 1. The van der Waals surface area contributed by atoms with Gasteiger partial charge in [0, 0.05) is 11.8 Å². The number of halogens is 2. The maximum atomic E-state index is 12.8. The summed E-state index contributed by atoms with van der Waals surface area (Å²) in [7, 11) is 1.14. The maximum absolute atomic E-state index is 12.8. The number of carbonyl (C=O) groups is 1. The lowest BCUT2D eigenvalue weighted by molar-refractivity contribution is -0.139. The van der Waals surface area contributed by atoms with Crippen LogP contribution in [0.4, 0.5) is 14.6 Å². The molecule has 0 aliphatic carbocycles. The molecule has 0 unspecified atom stereocenters. The predicted octanol–water partition coefficient (Wildman–Crippen LogP) is 1.19. The summed E-state index contributed by atoms with van der Waals surface area (Å²) in [5, 5.41) is 8.74. The SMILES string of the molecule is COC(=O)Cc1cnc(N)c(C#N)c1C(F)F. The molecule has 0 amide bonds. The van der Waals surface area contributed by atoms with E-state index >= 15 is 0 Å². The fourth-order valence-corrected chi connectivity index (χ4v) is 1.32. The van der Waals surface area contributed by atoms with Gasteiger partial charge in [-0.15, -0.1) is 0 Å². The van der Waals surface area contributed by atoms with Crippen LogP contribution in [-0.2, 0) is 16.0 Å². The van der Waals surface area contributed by atoms with Gasteiger partial charge in [0.25, 0.3) is 6.43 Å². The van der Waals surface area contributed by atoms with Crippen LogP contribution in [0.25, 0.3) is 0 Å². The van der Waals surface area contributed by atoms with Crippen molar-refractivity contribution in [2.75, 3.05) is 12.8 Å². The zero-order valence-electron chi connectivity index (χ0n) is 8.91. The molecule has 7 heteroatoms. The van der Waals surface area contributed by atoms with Crippen LogP contribution in [0.15, 0.2) is 6.20 Å². The third-order valence-corrected chi connectivity index (χ3v) is 2.12. The number of nitrogen functional groups attached to an aromatic ring is 1. The Kier molecular flexibility index (Phi) is 3.93. The van der Waals surface area contributed by atoms with Crippen molar-refractivity contribution < 1.29 is 18.3 Å².